The second-order valence-electron chi connectivity index (χ2n) is 10.4. The van der Waals surface area contributed by atoms with Gasteiger partial charge in [-0.25, -0.2) is 4.98 Å². The summed E-state index contributed by atoms with van der Waals surface area (Å²) in [5.74, 6) is 0.179. The van der Waals surface area contributed by atoms with Gasteiger partial charge in [0.05, 0.1) is 28.8 Å². The first-order chi connectivity index (χ1) is 19.6. The molecule has 2 aliphatic rings. The van der Waals surface area contributed by atoms with Crippen molar-refractivity contribution in [3.8, 4) is 11.5 Å². The minimum absolute atomic E-state index is 0.00655. The van der Waals surface area contributed by atoms with Gasteiger partial charge in [-0.15, -0.1) is 0 Å². The first kappa shape index (κ1) is 26.8. The molecule has 2 N–H and O–H groups in total. The highest BCUT2D eigenvalue weighted by Gasteiger charge is 2.48. The lowest BCUT2D eigenvalue weighted by Crippen LogP contribution is -2.42. The van der Waals surface area contributed by atoms with Gasteiger partial charge in [0.25, 0.3) is 11.5 Å². The number of benzene rings is 3. The van der Waals surface area contributed by atoms with Crippen LogP contribution in [0, 0.1) is 0 Å². The van der Waals surface area contributed by atoms with E-state index in [2.05, 4.69) is 4.98 Å². The molecular formula is C31H26F3N3O4. The van der Waals surface area contributed by atoms with E-state index >= 15 is 0 Å². The van der Waals surface area contributed by atoms with Crippen LogP contribution in [0.5, 0.6) is 11.5 Å². The summed E-state index contributed by atoms with van der Waals surface area (Å²) in [5.41, 5.74) is 0.933. The predicted octanol–water partition coefficient (Wildman–Crippen LogP) is 5.28. The number of fused-ring (bicyclic) bond motifs is 1. The molecule has 41 heavy (non-hydrogen) atoms. The summed E-state index contributed by atoms with van der Waals surface area (Å²) in [6.07, 6.45) is -3.91. The SMILES string of the molecule is O=C(C(O)c1cccc(Oc2cccc(C(F)(F)F)c2)c1)N1CCc2nc(C3(c4ccccc4)CC3)[nH]c(=O)c2C1. The van der Waals surface area contributed by atoms with Crippen LogP contribution in [0.2, 0.25) is 0 Å². The Hall–Kier alpha value is -4.44. The van der Waals surface area contributed by atoms with Crippen LogP contribution in [0.4, 0.5) is 13.2 Å². The third-order valence-electron chi connectivity index (χ3n) is 7.71. The first-order valence-corrected chi connectivity index (χ1v) is 13.2. The maximum Gasteiger partial charge on any atom is 0.416 e. The van der Waals surface area contributed by atoms with E-state index in [0.717, 1.165) is 30.5 Å². The molecule has 1 aliphatic carbocycles. The molecule has 4 aromatic rings. The van der Waals surface area contributed by atoms with Gasteiger partial charge in [0, 0.05) is 13.0 Å². The molecule has 3 aromatic carbocycles. The number of aromatic amines is 1. The Kier molecular flexibility index (Phi) is 6.65. The minimum atomic E-state index is -4.52. The molecule has 1 saturated carbocycles. The molecule has 1 aliphatic heterocycles. The molecule has 210 valence electrons. The third kappa shape index (κ3) is 5.22. The highest BCUT2D eigenvalue weighted by molar-refractivity contribution is 5.82. The number of alkyl halides is 3. The van der Waals surface area contributed by atoms with Crippen molar-refractivity contribution < 1.29 is 27.8 Å². The molecule has 1 fully saturated rings. The predicted molar refractivity (Wildman–Crippen MR) is 143 cm³/mol. The lowest BCUT2D eigenvalue weighted by atomic mass is 9.94. The summed E-state index contributed by atoms with van der Waals surface area (Å²) in [4.78, 5) is 35.5. The Bertz CT molecular complexity index is 1670. The van der Waals surface area contributed by atoms with Gasteiger partial charge >= 0.3 is 6.18 Å². The largest absolute Gasteiger partial charge is 0.457 e. The number of carbonyl (C=O) groups excluding carboxylic acids is 1. The summed E-state index contributed by atoms with van der Waals surface area (Å²) in [6.45, 7) is 0.282. The van der Waals surface area contributed by atoms with Crippen LogP contribution in [0.15, 0.2) is 83.7 Å². The fourth-order valence-electron chi connectivity index (χ4n) is 5.32. The van der Waals surface area contributed by atoms with Crippen LogP contribution in [-0.2, 0) is 29.4 Å². The number of halogens is 3. The number of hydrogen-bond acceptors (Lipinski definition) is 5. The molecule has 1 aromatic heterocycles. The van der Waals surface area contributed by atoms with Gasteiger partial charge in [-0.3, -0.25) is 9.59 Å². The number of H-pyrrole nitrogens is 1. The second-order valence-corrected chi connectivity index (χ2v) is 10.4. The minimum Gasteiger partial charge on any atom is -0.457 e. The Balaban J connectivity index is 1.18. The maximum atomic E-state index is 13.2. The van der Waals surface area contributed by atoms with E-state index in [4.69, 9.17) is 9.72 Å². The topological polar surface area (TPSA) is 95.5 Å². The Morgan fingerprint density at radius 2 is 1.71 bits per heavy atom. The molecule has 6 rings (SSSR count). The number of ether oxygens (including phenoxy) is 1. The van der Waals surface area contributed by atoms with Gasteiger partial charge in [0.2, 0.25) is 0 Å². The summed E-state index contributed by atoms with van der Waals surface area (Å²) >= 11 is 0. The number of amides is 1. The normalized spacial score (nSPS) is 16.5. The molecule has 0 bridgehead atoms. The Labute approximate surface area is 233 Å². The molecule has 0 saturated heterocycles. The van der Waals surface area contributed by atoms with Crippen LogP contribution < -0.4 is 10.3 Å². The van der Waals surface area contributed by atoms with E-state index in [1.54, 1.807) is 0 Å². The van der Waals surface area contributed by atoms with E-state index in [1.165, 1.54) is 41.3 Å². The van der Waals surface area contributed by atoms with Gasteiger partial charge in [-0.2, -0.15) is 13.2 Å². The van der Waals surface area contributed by atoms with Gasteiger partial charge in [-0.1, -0.05) is 48.5 Å². The number of hydrogen-bond donors (Lipinski definition) is 2. The van der Waals surface area contributed by atoms with Crippen molar-refractivity contribution in [3.05, 3.63) is 123 Å². The lowest BCUT2D eigenvalue weighted by Gasteiger charge is -2.30. The maximum absolute atomic E-state index is 13.2. The zero-order chi connectivity index (χ0) is 28.8. The van der Waals surface area contributed by atoms with Crippen LogP contribution in [0.25, 0.3) is 0 Å². The van der Waals surface area contributed by atoms with Crippen LogP contribution in [0.1, 0.15) is 52.7 Å². The average Bonchev–Trinajstić information content (AvgIpc) is 3.79. The van der Waals surface area contributed by atoms with Gasteiger partial charge in [0.1, 0.15) is 17.3 Å². The third-order valence-corrected chi connectivity index (χ3v) is 7.71. The van der Waals surface area contributed by atoms with Crippen LogP contribution in [0.3, 0.4) is 0 Å². The van der Waals surface area contributed by atoms with Crippen molar-refractivity contribution >= 4 is 5.91 Å². The summed E-state index contributed by atoms with van der Waals surface area (Å²) in [5, 5.41) is 10.9. The van der Waals surface area contributed by atoms with Crippen LogP contribution >= 0.6 is 0 Å². The molecule has 2 heterocycles. The van der Waals surface area contributed by atoms with Crippen molar-refractivity contribution in [3.63, 3.8) is 0 Å². The number of nitrogens with one attached hydrogen (secondary N) is 1. The average molecular weight is 562 g/mol. The second kappa shape index (κ2) is 10.2. The molecule has 0 radical (unpaired) electrons. The zero-order valence-electron chi connectivity index (χ0n) is 21.8. The molecule has 0 spiro atoms. The Morgan fingerprint density at radius 3 is 2.41 bits per heavy atom. The number of aliphatic hydroxyl groups is 1. The number of carbonyl (C=O) groups is 1. The lowest BCUT2D eigenvalue weighted by molar-refractivity contribution is -0.141. The first-order valence-electron chi connectivity index (χ1n) is 13.2. The molecule has 1 atom stereocenters. The number of rotatable bonds is 6. The van der Waals surface area contributed by atoms with Crippen LogP contribution in [-0.4, -0.2) is 32.4 Å². The van der Waals surface area contributed by atoms with Gasteiger partial charge in [-0.05, 0) is 54.3 Å². The van der Waals surface area contributed by atoms with E-state index < -0.39 is 23.8 Å². The van der Waals surface area contributed by atoms with E-state index in [-0.39, 0.29) is 41.1 Å². The molecule has 1 amide bonds. The zero-order valence-corrected chi connectivity index (χ0v) is 21.8. The monoisotopic (exact) mass is 561 g/mol. The van der Waals surface area contributed by atoms with E-state index in [9.17, 15) is 27.9 Å². The van der Waals surface area contributed by atoms with Crippen molar-refractivity contribution in [2.45, 2.75) is 43.5 Å². The molecule has 10 heteroatoms. The molecule has 1 unspecified atom stereocenters. The van der Waals surface area contributed by atoms with Gasteiger partial charge < -0.3 is 19.7 Å². The summed E-state index contributed by atoms with van der Waals surface area (Å²) < 4.78 is 44.7. The van der Waals surface area contributed by atoms with Crippen molar-refractivity contribution in [2.24, 2.45) is 0 Å². The van der Waals surface area contributed by atoms with Gasteiger partial charge in [0.15, 0.2) is 6.10 Å². The number of aromatic nitrogens is 2. The fraction of sp³-hybridized carbons (Fsp3) is 0.258. The summed E-state index contributed by atoms with van der Waals surface area (Å²) in [6, 6.07) is 20.4. The van der Waals surface area contributed by atoms with Crippen molar-refractivity contribution in [1.29, 1.82) is 0 Å². The fourth-order valence-corrected chi connectivity index (χ4v) is 5.32. The van der Waals surface area contributed by atoms with E-state index in [0.29, 0.717) is 23.5 Å². The smallest absolute Gasteiger partial charge is 0.416 e. The number of aliphatic hydroxyl groups excluding tert-OH is 1. The van der Waals surface area contributed by atoms with Crippen molar-refractivity contribution in [2.75, 3.05) is 6.54 Å². The standard InChI is InChI=1S/C31H26F3N3O4/c32-31(33,34)21-9-5-11-23(17-21)41-22-10-4-6-19(16-22)26(38)28(40)37-15-12-25-24(18-37)27(39)36-29(35-25)30(13-14-30)20-7-2-1-3-8-20/h1-11,16-17,26,38H,12-15,18H2,(H,35,36,39). The Morgan fingerprint density at radius 1 is 1.00 bits per heavy atom. The quantitative estimate of drug-likeness (QED) is 0.334. The number of nitrogens with zero attached hydrogens (tertiary/aromatic N) is 2. The molecule has 7 nitrogen and oxygen atoms in total. The van der Waals surface area contributed by atoms with Crippen molar-refractivity contribution in [1.82, 2.24) is 14.9 Å². The summed E-state index contributed by atoms with van der Waals surface area (Å²) in [7, 11) is 0. The highest BCUT2D eigenvalue weighted by Crippen LogP contribution is 2.52. The highest BCUT2D eigenvalue weighted by atomic mass is 19.4. The molecular weight excluding hydrogens is 535 g/mol. The van der Waals surface area contributed by atoms with E-state index in [1.807, 2.05) is 30.3 Å².